The molecule has 0 aliphatic carbocycles. The first-order chi connectivity index (χ1) is 11.7. The first-order valence-corrected chi connectivity index (χ1v) is 7.85. The summed E-state index contributed by atoms with van der Waals surface area (Å²) >= 11 is 0. The van der Waals surface area contributed by atoms with Crippen molar-refractivity contribution in [3.05, 3.63) is 35.8 Å². The number of hydrogen-bond donors (Lipinski definition) is 1. The lowest BCUT2D eigenvalue weighted by Gasteiger charge is -2.07. The molecule has 24 heavy (non-hydrogen) atoms. The van der Waals surface area contributed by atoms with Gasteiger partial charge in [0.1, 0.15) is 22.5 Å². The lowest BCUT2D eigenvalue weighted by atomic mass is 10.3. The summed E-state index contributed by atoms with van der Waals surface area (Å²) < 4.78 is 7.14. The lowest BCUT2D eigenvalue weighted by Crippen LogP contribution is -2.09. The first kappa shape index (κ1) is 14.6. The second-order valence-corrected chi connectivity index (χ2v) is 5.65. The van der Waals surface area contributed by atoms with Gasteiger partial charge >= 0.3 is 0 Å². The number of aromatic nitrogens is 6. The van der Waals surface area contributed by atoms with E-state index in [1.165, 1.54) is 0 Å². The minimum Gasteiger partial charge on any atom is -0.369 e. The number of anilines is 1. The highest BCUT2D eigenvalue weighted by Crippen LogP contribution is 2.23. The number of aryl methyl sites for hydroxylation is 3. The molecule has 0 atom stereocenters. The van der Waals surface area contributed by atoms with E-state index in [0.29, 0.717) is 11.5 Å². The van der Waals surface area contributed by atoms with Gasteiger partial charge in [0, 0.05) is 13.1 Å². The molecule has 0 spiro atoms. The Balaban J connectivity index is 1.45. The molecule has 0 amide bonds. The van der Waals surface area contributed by atoms with Crippen molar-refractivity contribution in [3.63, 3.8) is 0 Å². The Hall–Kier alpha value is -3.03. The van der Waals surface area contributed by atoms with Gasteiger partial charge in [0.15, 0.2) is 0 Å². The molecular weight excluding hydrogens is 306 g/mol. The van der Waals surface area contributed by atoms with Gasteiger partial charge in [0.05, 0.1) is 11.2 Å². The zero-order chi connectivity index (χ0) is 16.5. The third-order valence-electron chi connectivity index (χ3n) is 3.88. The molecule has 3 aromatic heterocycles. The Bertz CT molecular complexity index is 1000. The Morgan fingerprint density at radius 3 is 2.96 bits per heavy atom. The monoisotopic (exact) mass is 323 g/mol. The molecule has 0 radical (unpaired) electrons. The summed E-state index contributed by atoms with van der Waals surface area (Å²) in [6.45, 7) is 5.26. The molecular formula is C16H17N7O. The molecule has 0 saturated heterocycles. The molecule has 1 N–H and O–H groups in total. The fraction of sp³-hybridized carbons (Fsp3) is 0.312. The third-order valence-corrected chi connectivity index (χ3v) is 3.88. The van der Waals surface area contributed by atoms with Crippen LogP contribution in [0.3, 0.4) is 0 Å². The summed E-state index contributed by atoms with van der Waals surface area (Å²) in [6.07, 6.45) is 0.891. The minimum absolute atomic E-state index is 0.518. The van der Waals surface area contributed by atoms with E-state index in [2.05, 4.69) is 30.8 Å². The molecule has 0 unspecified atom stereocenters. The van der Waals surface area contributed by atoms with Crippen molar-refractivity contribution in [3.8, 4) is 0 Å². The number of benzene rings is 1. The summed E-state index contributed by atoms with van der Waals surface area (Å²) in [7, 11) is 0. The summed E-state index contributed by atoms with van der Waals surface area (Å²) in [5.74, 6) is 1.42. The van der Waals surface area contributed by atoms with Crippen molar-refractivity contribution in [2.24, 2.45) is 0 Å². The molecule has 3 heterocycles. The minimum atomic E-state index is 0.518. The summed E-state index contributed by atoms with van der Waals surface area (Å²) in [5, 5.41) is 16.5. The SMILES string of the molecule is Cc1nc(NCCCn2nnc3ccccc32)c2c(C)noc2n1. The van der Waals surface area contributed by atoms with Crippen molar-refractivity contribution >= 4 is 28.0 Å². The Kier molecular flexibility index (Phi) is 3.56. The number of para-hydroxylation sites is 1. The molecule has 8 nitrogen and oxygen atoms in total. The van der Waals surface area contributed by atoms with Crippen molar-refractivity contribution in [1.29, 1.82) is 0 Å². The zero-order valence-corrected chi connectivity index (χ0v) is 13.5. The average Bonchev–Trinajstić information content (AvgIpc) is 3.15. The maximum Gasteiger partial charge on any atom is 0.263 e. The number of hydrogen-bond acceptors (Lipinski definition) is 7. The molecule has 0 bridgehead atoms. The van der Waals surface area contributed by atoms with Gasteiger partial charge < -0.3 is 9.84 Å². The van der Waals surface area contributed by atoms with Crippen LogP contribution in [0.25, 0.3) is 22.1 Å². The quantitative estimate of drug-likeness (QED) is 0.564. The average molecular weight is 323 g/mol. The fourth-order valence-electron chi connectivity index (χ4n) is 2.74. The standard InChI is InChI=1S/C16H17N7O/c1-10-14-15(18-11(2)19-16(14)24-21-10)17-8-5-9-23-13-7-4-3-6-12(13)20-22-23/h3-4,6-7H,5,8-9H2,1-2H3,(H,17,18,19). The van der Waals surface area contributed by atoms with Gasteiger partial charge in [-0.15, -0.1) is 5.10 Å². The maximum atomic E-state index is 5.22. The van der Waals surface area contributed by atoms with Crippen LogP contribution < -0.4 is 5.32 Å². The molecule has 8 heteroatoms. The first-order valence-electron chi connectivity index (χ1n) is 7.85. The van der Waals surface area contributed by atoms with Crippen molar-refractivity contribution < 1.29 is 4.52 Å². The van der Waals surface area contributed by atoms with Crippen LogP contribution in [0.2, 0.25) is 0 Å². The van der Waals surface area contributed by atoms with E-state index in [1.54, 1.807) is 0 Å². The smallest absolute Gasteiger partial charge is 0.263 e. The molecule has 4 aromatic rings. The fourth-order valence-corrected chi connectivity index (χ4v) is 2.74. The van der Waals surface area contributed by atoms with E-state index >= 15 is 0 Å². The number of nitrogens with one attached hydrogen (secondary N) is 1. The Morgan fingerprint density at radius 2 is 2.04 bits per heavy atom. The van der Waals surface area contributed by atoms with Gasteiger partial charge in [0.25, 0.3) is 5.71 Å². The van der Waals surface area contributed by atoms with Crippen LogP contribution in [0, 0.1) is 13.8 Å². The second-order valence-electron chi connectivity index (χ2n) is 5.65. The predicted octanol–water partition coefficient (Wildman–Crippen LogP) is 2.48. The third kappa shape index (κ3) is 2.55. The van der Waals surface area contributed by atoms with Gasteiger partial charge in [-0.2, -0.15) is 4.98 Å². The van der Waals surface area contributed by atoms with E-state index in [4.69, 9.17) is 4.52 Å². The van der Waals surface area contributed by atoms with Crippen LogP contribution >= 0.6 is 0 Å². The van der Waals surface area contributed by atoms with Crippen LogP contribution in [0.5, 0.6) is 0 Å². The van der Waals surface area contributed by atoms with Crippen LogP contribution in [0.1, 0.15) is 17.9 Å². The van der Waals surface area contributed by atoms with E-state index in [-0.39, 0.29) is 0 Å². The van der Waals surface area contributed by atoms with E-state index in [1.807, 2.05) is 42.8 Å². The highest BCUT2D eigenvalue weighted by Gasteiger charge is 2.13. The Morgan fingerprint density at radius 1 is 1.17 bits per heavy atom. The molecule has 0 aliphatic heterocycles. The summed E-state index contributed by atoms with van der Waals surface area (Å²) in [5.41, 5.74) is 3.27. The highest BCUT2D eigenvalue weighted by atomic mass is 16.5. The number of nitrogens with zero attached hydrogens (tertiary/aromatic N) is 6. The van der Waals surface area contributed by atoms with Crippen LogP contribution in [0.4, 0.5) is 5.82 Å². The van der Waals surface area contributed by atoms with Gasteiger partial charge in [-0.05, 0) is 32.4 Å². The van der Waals surface area contributed by atoms with Crippen molar-refractivity contribution in [1.82, 2.24) is 30.1 Å². The van der Waals surface area contributed by atoms with Gasteiger partial charge in [0.2, 0.25) is 0 Å². The molecule has 0 aliphatic rings. The number of rotatable bonds is 5. The molecule has 122 valence electrons. The Labute approximate surface area is 137 Å². The summed E-state index contributed by atoms with van der Waals surface area (Å²) in [4.78, 5) is 8.72. The van der Waals surface area contributed by atoms with Crippen molar-refractivity contribution in [2.45, 2.75) is 26.8 Å². The van der Waals surface area contributed by atoms with Gasteiger partial charge in [-0.1, -0.05) is 22.5 Å². The van der Waals surface area contributed by atoms with Crippen molar-refractivity contribution in [2.75, 3.05) is 11.9 Å². The summed E-state index contributed by atoms with van der Waals surface area (Å²) in [6, 6.07) is 7.95. The molecule has 0 saturated carbocycles. The largest absolute Gasteiger partial charge is 0.369 e. The second kappa shape index (κ2) is 5.88. The predicted molar refractivity (Wildman–Crippen MR) is 89.7 cm³/mol. The number of fused-ring (bicyclic) bond motifs is 2. The van der Waals surface area contributed by atoms with E-state index < -0.39 is 0 Å². The lowest BCUT2D eigenvalue weighted by molar-refractivity contribution is 0.442. The molecule has 0 fully saturated rings. The maximum absolute atomic E-state index is 5.22. The normalized spacial score (nSPS) is 11.4. The van der Waals surface area contributed by atoms with Crippen LogP contribution in [-0.2, 0) is 6.54 Å². The molecule has 1 aromatic carbocycles. The van der Waals surface area contributed by atoms with Gasteiger partial charge in [-0.25, -0.2) is 9.67 Å². The van der Waals surface area contributed by atoms with Crippen LogP contribution in [0.15, 0.2) is 28.8 Å². The zero-order valence-electron chi connectivity index (χ0n) is 13.5. The van der Waals surface area contributed by atoms with E-state index in [9.17, 15) is 0 Å². The highest BCUT2D eigenvalue weighted by molar-refractivity contribution is 5.87. The molecule has 4 rings (SSSR count). The topological polar surface area (TPSA) is 94.6 Å². The van der Waals surface area contributed by atoms with Gasteiger partial charge in [-0.3, -0.25) is 0 Å². The van der Waals surface area contributed by atoms with E-state index in [0.717, 1.165) is 47.4 Å². The van der Waals surface area contributed by atoms with Crippen LogP contribution in [-0.4, -0.2) is 36.7 Å².